The summed E-state index contributed by atoms with van der Waals surface area (Å²) in [6.07, 6.45) is 3.36. The Morgan fingerprint density at radius 3 is 2.44 bits per heavy atom. The van der Waals surface area contributed by atoms with E-state index in [4.69, 9.17) is 0 Å². The summed E-state index contributed by atoms with van der Waals surface area (Å²) in [7, 11) is 1.83. The fraction of sp³-hybridized carbons (Fsp3) is 0.200. The SMILES string of the molecule is CNc1nc(-c2ncccn2)nc(C)c1I. The summed E-state index contributed by atoms with van der Waals surface area (Å²) in [4.78, 5) is 17.0. The summed E-state index contributed by atoms with van der Waals surface area (Å²) in [5.74, 6) is 1.89. The first-order chi connectivity index (χ1) is 7.72. The van der Waals surface area contributed by atoms with Crippen LogP contribution in [0.1, 0.15) is 5.69 Å². The van der Waals surface area contributed by atoms with Crippen molar-refractivity contribution in [2.24, 2.45) is 0 Å². The highest BCUT2D eigenvalue weighted by Gasteiger charge is 2.10. The summed E-state index contributed by atoms with van der Waals surface area (Å²) >= 11 is 2.21. The minimum absolute atomic E-state index is 0.540. The molecule has 5 nitrogen and oxygen atoms in total. The van der Waals surface area contributed by atoms with Gasteiger partial charge in [0.1, 0.15) is 5.82 Å². The first-order valence-electron chi connectivity index (χ1n) is 4.71. The van der Waals surface area contributed by atoms with Gasteiger partial charge in [0.25, 0.3) is 0 Å². The highest BCUT2D eigenvalue weighted by atomic mass is 127. The summed E-state index contributed by atoms with van der Waals surface area (Å²) in [5.41, 5.74) is 0.919. The zero-order chi connectivity index (χ0) is 11.5. The molecule has 82 valence electrons. The van der Waals surface area contributed by atoms with Gasteiger partial charge in [-0.3, -0.25) is 0 Å². The third-order valence-corrected chi connectivity index (χ3v) is 3.31. The lowest BCUT2D eigenvalue weighted by Gasteiger charge is -2.07. The third-order valence-electron chi connectivity index (χ3n) is 2.02. The van der Waals surface area contributed by atoms with E-state index in [2.05, 4.69) is 47.8 Å². The Kier molecular flexibility index (Phi) is 3.28. The second-order valence-corrected chi connectivity index (χ2v) is 4.20. The van der Waals surface area contributed by atoms with E-state index < -0.39 is 0 Å². The molecule has 0 fully saturated rings. The second kappa shape index (κ2) is 4.69. The van der Waals surface area contributed by atoms with Crippen LogP contribution in [-0.4, -0.2) is 27.0 Å². The van der Waals surface area contributed by atoms with Gasteiger partial charge in [-0.2, -0.15) is 0 Å². The maximum absolute atomic E-state index is 4.37. The molecule has 2 aromatic rings. The molecule has 0 aliphatic carbocycles. The molecule has 6 heteroatoms. The number of rotatable bonds is 2. The Labute approximate surface area is 107 Å². The molecule has 0 atom stereocenters. The van der Waals surface area contributed by atoms with E-state index >= 15 is 0 Å². The van der Waals surface area contributed by atoms with Crippen molar-refractivity contribution >= 4 is 28.4 Å². The lowest BCUT2D eigenvalue weighted by atomic mass is 10.4. The Balaban J connectivity index is 2.55. The molecule has 0 spiro atoms. The van der Waals surface area contributed by atoms with Gasteiger partial charge in [0, 0.05) is 19.4 Å². The summed E-state index contributed by atoms with van der Waals surface area (Å²) < 4.78 is 1.01. The van der Waals surface area contributed by atoms with E-state index in [0.717, 1.165) is 15.1 Å². The minimum atomic E-state index is 0.540. The van der Waals surface area contributed by atoms with Gasteiger partial charge >= 0.3 is 0 Å². The summed E-state index contributed by atoms with van der Waals surface area (Å²) in [6, 6.07) is 1.77. The molecule has 2 aromatic heterocycles. The maximum Gasteiger partial charge on any atom is 0.199 e. The zero-order valence-electron chi connectivity index (χ0n) is 8.90. The van der Waals surface area contributed by atoms with Crippen LogP contribution in [0.15, 0.2) is 18.5 Å². The van der Waals surface area contributed by atoms with Crippen molar-refractivity contribution in [2.45, 2.75) is 6.92 Å². The molecule has 16 heavy (non-hydrogen) atoms. The summed E-state index contributed by atoms with van der Waals surface area (Å²) in [6.45, 7) is 1.94. The third kappa shape index (κ3) is 2.11. The van der Waals surface area contributed by atoms with Gasteiger partial charge < -0.3 is 5.32 Å². The quantitative estimate of drug-likeness (QED) is 0.854. The number of aromatic nitrogens is 4. The number of nitrogens with zero attached hydrogens (tertiary/aromatic N) is 4. The van der Waals surface area contributed by atoms with Gasteiger partial charge in [-0.15, -0.1) is 0 Å². The smallest absolute Gasteiger partial charge is 0.199 e. The van der Waals surface area contributed by atoms with Crippen molar-refractivity contribution in [2.75, 3.05) is 12.4 Å². The van der Waals surface area contributed by atoms with E-state index in [9.17, 15) is 0 Å². The Morgan fingerprint density at radius 1 is 1.12 bits per heavy atom. The molecule has 1 N–H and O–H groups in total. The van der Waals surface area contributed by atoms with Crippen LogP contribution in [0, 0.1) is 10.5 Å². The van der Waals surface area contributed by atoms with Gasteiger partial charge in [0.2, 0.25) is 0 Å². The predicted octanol–water partition coefficient (Wildman–Crippen LogP) is 1.89. The van der Waals surface area contributed by atoms with Crippen molar-refractivity contribution in [1.29, 1.82) is 0 Å². The van der Waals surface area contributed by atoms with E-state index in [-0.39, 0.29) is 0 Å². The molecular weight excluding hydrogens is 317 g/mol. The van der Waals surface area contributed by atoms with Gasteiger partial charge in [-0.1, -0.05) is 0 Å². The Morgan fingerprint density at radius 2 is 1.81 bits per heavy atom. The largest absolute Gasteiger partial charge is 0.372 e. The minimum Gasteiger partial charge on any atom is -0.372 e. The zero-order valence-corrected chi connectivity index (χ0v) is 11.1. The van der Waals surface area contributed by atoms with Crippen LogP contribution >= 0.6 is 22.6 Å². The van der Waals surface area contributed by atoms with Crippen molar-refractivity contribution in [1.82, 2.24) is 19.9 Å². The van der Waals surface area contributed by atoms with Gasteiger partial charge in [-0.05, 0) is 35.6 Å². The number of aryl methyl sites for hydroxylation is 1. The first kappa shape index (κ1) is 11.2. The Hall–Kier alpha value is -1.31. The molecule has 0 aliphatic rings. The molecule has 0 saturated heterocycles. The van der Waals surface area contributed by atoms with E-state index in [1.807, 2.05) is 14.0 Å². The van der Waals surface area contributed by atoms with Crippen LogP contribution in [0.25, 0.3) is 11.6 Å². The molecule has 0 aromatic carbocycles. The number of nitrogens with one attached hydrogen (secondary N) is 1. The number of hydrogen-bond donors (Lipinski definition) is 1. The first-order valence-corrected chi connectivity index (χ1v) is 5.79. The van der Waals surface area contributed by atoms with Crippen LogP contribution in [0.5, 0.6) is 0 Å². The van der Waals surface area contributed by atoms with Crippen LogP contribution in [-0.2, 0) is 0 Å². The highest BCUT2D eigenvalue weighted by Crippen LogP contribution is 2.20. The fourth-order valence-corrected chi connectivity index (χ4v) is 1.75. The van der Waals surface area contributed by atoms with Gasteiger partial charge in [-0.25, -0.2) is 19.9 Å². The molecule has 2 heterocycles. The molecule has 0 bridgehead atoms. The highest BCUT2D eigenvalue weighted by molar-refractivity contribution is 14.1. The molecule has 0 aliphatic heterocycles. The maximum atomic E-state index is 4.37. The lowest BCUT2D eigenvalue weighted by Crippen LogP contribution is -2.04. The van der Waals surface area contributed by atoms with Crippen molar-refractivity contribution < 1.29 is 0 Å². The molecule has 0 saturated carbocycles. The molecular formula is C10H10IN5. The standard InChI is InChI=1S/C10H10IN5/c1-6-7(11)8(12-2)16-10(15-6)9-13-4-3-5-14-9/h3-5H,1-2H3,(H,12,15,16). The molecule has 2 rings (SSSR count). The van der Waals surface area contributed by atoms with E-state index in [0.29, 0.717) is 11.6 Å². The van der Waals surface area contributed by atoms with Crippen molar-refractivity contribution in [3.05, 3.63) is 27.7 Å². The van der Waals surface area contributed by atoms with Crippen molar-refractivity contribution in [3.63, 3.8) is 0 Å². The Bertz CT molecular complexity index is 500. The topological polar surface area (TPSA) is 63.6 Å². The molecule has 0 amide bonds. The predicted molar refractivity (Wildman–Crippen MR) is 70.1 cm³/mol. The van der Waals surface area contributed by atoms with Gasteiger partial charge in [0.05, 0.1) is 9.26 Å². The van der Waals surface area contributed by atoms with E-state index in [1.54, 1.807) is 18.5 Å². The second-order valence-electron chi connectivity index (χ2n) is 3.12. The van der Waals surface area contributed by atoms with Crippen LogP contribution in [0.4, 0.5) is 5.82 Å². The number of anilines is 1. The van der Waals surface area contributed by atoms with Crippen LogP contribution < -0.4 is 5.32 Å². The fourth-order valence-electron chi connectivity index (χ4n) is 1.24. The van der Waals surface area contributed by atoms with Gasteiger partial charge in [0.15, 0.2) is 11.6 Å². The van der Waals surface area contributed by atoms with Crippen LogP contribution in [0.3, 0.4) is 0 Å². The average molecular weight is 327 g/mol. The normalized spacial score (nSPS) is 10.2. The van der Waals surface area contributed by atoms with Crippen LogP contribution in [0.2, 0.25) is 0 Å². The lowest BCUT2D eigenvalue weighted by molar-refractivity contribution is 1.04. The number of halogens is 1. The average Bonchev–Trinajstić information content (AvgIpc) is 2.33. The molecule has 0 unspecified atom stereocenters. The number of hydrogen-bond acceptors (Lipinski definition) is 5. The summed E-state index contributed by atoms with van der Waals surface area (Å²) in [5, 5.41) is 3.03. The van der Waals surface area contributed by atoms with E-state index in [1.165, 1.54) is 0 Å². The van der Waals surface area contributed by atoms with Crippen molar-refractivity contribution in [3.8, 4) is 11.6 Å². The monoisotopic (exact) mass is 327 g/mol. The molecule has 0 radical (unpaired) electrons.